The summed E-state index contributed by atoms with van der Waals surface area (Å²) in [7, 11) is 1.63. The standard InChI is InChI=1S/C17H20FN3O3/c1-10(2)8-13-9-14(21(3)20-13)16(22)19-15(17(23)24)11-4-6-12(18)7-5-11/h4-7,9-10,15H,8H2,1-3H3,(H,19,22)(H,23,24)/t15-/m0/s1. The normalized spacial score (nSPS) is 12.2. The number of carbonyl (C=O) groups is 2. The molecule has 7 heteroatoms. The summed E-state index contributed by atoms with van der Waals surface area (Å²) in [5.41, 5.74) is 1.34. The lowest BCUT2D eigenvalue weighted by atomic mass is 10.1. The van der Waals surface area contributed by atoms with Crippen molar-refractivity contribution in [3.8, 4) is 0 Å². The van der Waals surface area contributed by atoms with E-state index in [1.54, 1.807) is 13.1 Å². The molecule has 1 aromatic heterocycles. The number of amides is 1. The topological polar surface area (TPSA) is 84.2 Å². The van der Waals surface area contributed by atoms with Crippen molar-refractivity contribution >= 4 is 11.9 Å². The molecule has 0 saturated heterocycles. The van der Waals surface area contributed by atoms with Crippen LogP contribution in [0.3, 0.4) is 0 Å². The van der Waals surface area contributed by atoms with E-state index in [0.717, 1.165) is 24.2 Å². The number of hydrogen-bond donors (Lipinski definition) is 2. The lowest BCUT2D eigenvalue weighted by Gasteiger charge is -2.14. The fraction of sp³-hybridized carbons (Fsp3) is 0.353. The molecule has 0 aliphatic carbocycles. The van der Waals surface area contributed by atoms with Crippen LogP contribution in [0.2, 0.25) is 0 Å². The van der Waals surface area contributed by atoms with E-state index in [2.05, 4.69) is 10.4 Å². The van der Waals surface area contributed by atoms with Crippen molar-refractivity contribution < 1.29 is 19.1 Å². The van der Waals surface area contributed by atoms with Gasteiger partial charge in [-0.15, -0.1) is 0 Å². The van der Waals surface area contributed by atoms with Crippen molar-refractivity contribution in [1.29, 1.82) is 0 Å². The zero-order chi connectivity index (χ0) is 17.9. The smallest absolute Gasteiger partial charge is 0.330 e. The summed E-state index contributed by atoms with van der Waals surface area (Å²) in [5, 5.41) is 16.1. The highest BCUT2D eigenvalue weighted by Gasteiger charge is 2.24. The van der Waals surface area contributed by atoms with Crippen LogP contribution in [-0.2, 0) is 18.3 Å². The Morgan fingerprint density at radius 3 is 2.46 bits per heavy atom. The molecule has 0 spiro atoms. The van der Waals surface area contributed by atoms with Gasteiger partial charge < -0.3 is 10.4 Å². The van der Waals surface area contributed by atoms with Gasteiger partial charge in [-0.2, -0.15) is 5.10 Å². The zero-order valence-electron chi connectivity index (χ0n) is 13.8. The third-order valence-electron chi connectivity index (χ3n) is 3.51. The molecule has 2 aromatic rings. The molecule has 0 unspecified atom stereocenters. The lowest BCUT2D eigenvalue weighted by Crippen LogP contribution is -2.34. The number of hydrogen-bond acceptors (Lipinski definition) is 3. The maximum atomic E-state index is 13.0. The number of nitrogens with one attached hydrogen (secondary N) is 1. The highest BCUT2D eigenvalue weighted by Crippen LogP contribution is 2.16. The van der Waals surface area contributed by atoms with Crippen molar-refractivity contribution in [2.45, 2.75) is 26.3 Å². The van der Waals surface area contributed by atoms with Crippen molar-refractivity contribution in [1.82, 2.24) is 15.1 Å². The molecule has 1 aromatic carbocycles. The zero-order valence-corrected chi connectivity index (χ0v) is 13.8. The van der Waals surface area contributed by atoms with Gasteiger partial charge in [-0.1, -0.05) is 26.0 Å². The largest absolute Gasteiger partial charge is 0.479 e. The van der Waals surface area contributed by atoms with Crippen LogP contribution in [0, 0.1) is 11.7 Å². The van der Waals surface area contributed by atoms with Crippen LogP contribution in [-0.4, -0.2) is 26.8 Å². The minimum atomic E-state index is -1.26. The van der Waals surface area contributed by atoms with Crippen LogP contribution in [0.25, 0.3) is 0 Å². The number of carbonyl (C=O) groups excluding carboxylic acids is 1. The minimum absolute atomic E-state index is 0.277. The first-order valence-corrected chi connectivity index (χ1v) is 7.60. The molecular formula is C17H20FN3O3. The number of carboxylic acid groups (broad SMARTS) is 1. The molecule has 1 atom stereocenters. The van der Waals surface area contributed by atoms with E-state index in [9.17, 15) is 19.1 Å². The van der Waals surface area contributed by atoms with Gasteiger partial charge in [0.05, 0.1) is 5.69 Å². The first-order valence-electron chi connectivity index (χ1n) is 7.60. The number of aromatic nitrogens is 2. The fourth-order valence-electron chi connectivity index (χ4n) is 2.41. The van der Waals surface area contributed by atoms with Gasteiger partial charge in [-0.05, 0) is 36.1 Å². The van der Waals surface area contributed by atoms with Crippen LogP contribution in [0.15, 0.2) is 30.3 Å². The van der Waals surface area contributed by atoms with E-state index in [4.69, 9.17) is 0 Å². The van der Waals surface area contributed by atoms with Gasteiger partial charge in [-0.3, -0.25) is 9.48 Å². The maximum absolute atomic E-state index is 13.0. The average Bonchev–Trinajstić information content (AvgIpc) is 2.85. The van der Waals surface area contributed by atoms with Crippen LogP contribution >= 0.6 is 0 Å². The van der Waals surface area contributed by atoms with Gasteiger partial charge in [0.1, 0.15) is 11.5 Å². The molecule has 0 aliphatic heterocycles. The number of aryl methyl sites for hydroxylation is 1. The van der Waals surface area contributed by atoms with E-state index in [1.807, 2.05) is 13.8 Å². The molecule has 2 N–H and O–H groups in total. The molecule has 6 nitrogen and oxygen atoms in total. The number of nitrogens with zero attached hydrogens (tertiary/aromatic N) is 2. The summed E-state index contributed by atoms with van der Waals surface area (Å²) < 4.78 is 14.4. The highest BCUT2D eigenvalue weighted by molar-refractivity contribution is 5.95. The van der Waals surface area contributed by atoms with E-state index < -0.39 is 23.7 Å². The van der Waals surface area contributed by atoms with Gasteiger partial charge in [0.15, 0.2) is 6.04 Å². The monoisotopic (exact) mass is 333 g/mol. The second-order valence-corrected chi connectivity index (χ2v) is 6.04. The second-order valence-electron chi connectivity index (χ2n) is 6.04. The van der Waals surface area contributed by atoms with Gasteiger partial charge in [0.25, 0.3) is 5.91 Å². The minimum Gasteiger partial charge on any atom is -0.479 e. The predicted molar refractivity (Wildman–Crippen MR) is 86.0 cm³/mol. The first kappa shape index (κ1) is 17.7. The molecule has 128 valence electrons. The van der Waals surface area contributed by atoms with Crippen LogP contribution in [0.4, 0.5) is 4.39 Å². The second kappa shape index (κ2) is 7.25. The van der Waals surface area contributed by atoms with Crippen molar-refractivity contribution in [2.75, 3.05) is 0 Å². The quantitative estimate of drug-likeness (QED) is 0.850. The average molecular weight is 333 g/mol. The maximum Gasteiger partial charge on any atom is 0.330 e. The van der Waals surface area contributed by atoms with Crippen LogP contribution in [0.1, 0.15) is 41.6 Å². The Bertz CT molecular complexity index is 738. The van der Waals surface area contributed by atoms with Gasteiger partial charge in [0.2, 0.25) is 0 Å². The molecule has 0 aliphatic rings. The molecule has 0 bridgehead atoms. The number of aliphatic carboxylic acids is 1. The summed E-state index contributed by atoms with van der Waals surface area (Å²) in [6, 6.07) is 5.37. The Hall–Kier alpha value is -2.70. The third-order valence-corrected chi connectivity index (χ3v) is 3.51. The molecule has 0 fully saturated rings. The number of halogens is 1. The Morgan fingerprint density at radius 2 is 1.92 bits per heavy atom. The Labute approximate surface area is 139 Å². The fourth-order valence-corrected chi connectivity index (χ4v) is 2.41. The third kappa shape index (κ3) is 4.18. The highest BCUT2D eigenvalue weighted by atomic mass is 19.1. The van der Waals surface area contributed by atoms with Gasteiger partial charge >= 0.3 is 5.97 Å². The summed E-state index contributed by atoms with van der Waals surface area (Å²) >= 11 is 0. The first-order chi connectivity index (χ1) is 11.3. The lowest BCUT2D eigenvalue weighted by molar-refractivity contribution is -0.139. The van der Waals surface area contributed by atoms with E-state index in [1.165, 1.54) is 16.8 Å². The van der Waals surface area contributed by atoms with E-state index in [-0.39, 0.29) is 5.69 Å². The Kier molecular flexibility index (Phi) is 5.33. The molecule has 2 rings (SSSR count). The van der Waals surface area contributed by atoms with Gasteiger partial charge in [-0.25, -0.2) is 9.18 Å². The van der Waals surface area contributed by atoms with Crippen LogP contribution in [0.5, 0.6) is 0 Å². The summed E-state index contributed by atoms with van der Waals surface area (Å²) in [4.78, 5) is 23.9. The Balaban J connectivity index is 2.21. The number of rotatable bonds is 6. The molecule has 24 heavy (non-hydrogen) atoms. The SMILES string of the molecule is CC(C)Cc1cc(C(=O)N[C@H](C(=O)O)c2ccc(F)cc2)n(C)n1. The van der Waals surface area contributed by atoms with E-state index in [0.29, 0.717) is 11.5 Å². The molecule has 0 saturated carbocycles. The number of carboxylic acids is 1. The van der Waals surface area contributed by atoms with E-state index >= 15 is 0 Å². The molecular weight excluding hydrogens is 313 g/mol. The summed E-state index contributed by atoms with van der Waals surface area (Å²) in [6.07, 6.45) is 0.724. The van der Waals surface area contributed by atoms with Crippen molar-refractivity contribution in [3.63, 3.8) is 0 Å². The van der Waals surface area contributed by atoms with Gasteiger partial charge in [0, 0.05) is 7.05 Å². The van der Waals surface area contributed by atoms with Crippen LogP contribution < -0.4 is 5.32 Å². The van der Waals surface area contributed by atoms with Crippen molar-refractivity contribution in [3.05, 3.63) is 53.1 Å². The van der Waals surface area contributed by atoms with Crippen molar-refractivity contribution in [2.24, 2.45) is 13.0 Å². The predicted octanol–water partition coefficient (Wildman–Crippen LogP) is 2.31. The molecule has 1 heterocycles. The summed E-state index contributed by atoms with van der Waals surface area (Å²) in [6.45, 7) is 4.09. The Morgan fingerprint density at radius 1 is 1.29 bits per heavy atom. The summed E-state index contributed by atoms with van der Waals surface area (Å²) in [5.74, 6) is -1.85. The molecule has 0 radical (unpaired) electrons. The number of benzene rings is 1. The molecule has 1 amide bonds.